The van der Waals surface area contributed by atoms with Gasteiger partial charge in [-0.15, -0.1) is 14.8 Å². The normalized spacial score (nSPS) is 23.6. The molecule has 1 fully saturated rings. The second-order valence-corrected chi connectivity index (χ2v) is 4.28. The van der Waals surface area contributed by atoms with Crippen molar-refractivity contribution in [2.24, 2.45) is 5.92 Å². The topological polar surface area (TPSA) is 68.0 Å². The van der Waals surface area contributed by atoms with Crippen LogP contribution in [0.15, 0.2) is 12.1 Å². The number of fused-ring (bicyclic) bond motifs is 1. The van der Waals surface area contributed by atoms with Gasteiger partial charge < -0.3 is 5.32 Å². The molecule has 6 heteroatoms. The van der Waals surface area contributed by atoms with Crippen LogP contribution in [0.2, 0.25) is 0 Å². The van der Waals surface area contributed by atoms with E-state index in [-0.39, 0.29) is 0 Å². The van der Waals surface area contributed by atoms with Crippen molar-refractivity contribution in [3.8, 4) is 0 Å². The number of anilines is 1. The van der Waals surface area contributed by atoms with Gasteiger partial charge in [-0.3, -0.25) is 0 Å². The molecule has 3 rings (SSSR count). The monoisotopic (exact) mass is 218 g/mol. The lowest BCUT2D eigenvalue weighted by Crippen LogP contribution is -2.08. The predicted molar refractivity (Wildman–Crippen MR) is 59.0 cm³/mol. The number of tetrazole rings is 1. The third kappa shape index (κ3) is 1.70. The van der Waals surface area contributed by atoms with E-state index in [9.17, 15) is 0 Å². The van der Waals surface area contributed by atoms with Gasteiger partial charge in [0.25, 0.3) is 0 Å². The van der Waals surface area contributed by atoms with Crippen molar-refractivity contribution in [1.82, 2.24) is 25.3 Å². The van der Waals surface area contributed by atoms with Crippen molar-refractivity contribution in [1.29, 1.82) is 0 Å². The van der Waals surface area contributed by atoms with Gasteiger partial charge in [0.2, 0.25) is 0 Å². The molecule has 6 nitrogen and oxygen atoms in total. The maximum absolute atomic E-state index is 4.28. The summed E-state index contributed by atoms with van der Waals surface area (Å²) in [5.74, 6) is 1.67. The van der Waals surface area contributed by atoms with Crippen molar-refractivity contribution in [2.45, 2.75) is 32.2 Å². The highest BCUT2D eigenvalue weighted by Crippen LogP contribution is 2.36. The number of rotatable bonds is 4. The van der Waals surface area contributed by atoms with E-state index < -0.39 is 0 Å². The van der Waals surface area contributed by atoms with Gasteiger partial charge in [0.05, 0.1) is 0 Å². The molecule has 0 spiro atoms. The summed E-state index contributed by atoms with van der Waals surface area (Å²) in [7, 11) is 0. The molecule has 2 aromatic rings. The molecule has 0 bridgehead atoms. The van der Waals surface area contributed by atoms with Crippen LogP contribution in [-0.4, -0.2) is 31.3 Å². The van der Waals surface area contributed by atoms with E-state index >= 15 is 0 Å². The summed E-state index contributed by atoms with van der Waals surface area (Å²) < 4.78 is 1.44. The molecule has 1 saturated carbocycles. The van der Waals surface area contributed by atoms with Gasteiger partial charge in [0, 0.05) is 6.04 Å². The summed E-state index contributed by atoms with van der Waals surface area (Å²) in [5, 5.41) is 18.8. The molecular weight excluding hydrogens is 204 g/mol. The van der Waals surface area contributed by atoms with Crippen molar-refractivity contribution < 1.29 is 0 Å². The lowest BCUT2D eigenvalue weighted by molar-refractivity contribution is 0.688. The maximum Gasteiger partial charge on any atom is 0.200 e. The highest BCUT2D eigenvalue weighted by Gasteiger charge is 2.36. The Morgan fingerprint density at radius 3 is 3.31 bits per heavy atom. The lowest BCUT2D eigenvalue weighted by Gasteiger charge is -2.03. The fourth-order valence-electron chi connectivity index (χ4n) is 2.03. The Bertz CT molecular complexity index is 493. The van der Waals surface area contributed by atoms with Crippen molar-refractivity contribution in [3.05, 3.63) is 12.1 Å². The molecule has 1 aliphatic carbocycles. The number of nitrogens with zero attached hydrogens (tertiary/aromatic N) is 5. The first-order chi connectivity index (χ1) is 7.86. The second kappa shape index (κ2) is 3.70. The third-order valence-corrected chi connectivity index (χ3v) is 2.98. The van der Waals surface area contributed by atoms with E-state index in [4.69, 9.17) is 0 Å². The summed E-state index contributed by atoms with van der Waals surface area (Å²) in [4.78, 5) is 0. The van der Waals surface area contributed by atoms with Crippen LogP contribution in [0, 0.1) is 5.92 Å². The Balaban J connectivity index is 1.70. The first kappa shape index (κ1) is 9.50. The molecule has 84 valence electrons. The highest BCUT2D eigenvalue weighted by atomic mass is 15.6. The van der Waals surface area contributed by atoms with Crippen LogP contribution in [0.3, 0.4) is 0 Å². The van der Waals surface area contributed by atoms with Crippen LogP contribution in [0.1, 0.15) is 26.2 Å². The van der Waals surface area contributed by atoms with E-state index in [1.54, 1.807) is 0 Å². The number of aromatic nitrogens is 5. The number of hydrogen-bond acceptors (Lipinski definition) is 5. The predicted octanol–water partition coefficient (Wildman–Crippen LogP) is 1.12. The first-order valence-electron chi connectivity index (χ1n) is 5.69. The van der Waals surface area contributed by atoms with Crippen molar-refractivity contribution in [3.63, 3.8) is 0 Å². The summed E-state index contributed by atoms with van der Waals surface area (Å²) >= 11 is 0. The Hall–Kier alpha value is -1.72. The fourth-order valence-corrected chi connectivity index (χ4v) is 2.03. The zero-order valence-corrected chi connectivity index (χ0v) is 9.17. The lowest BCUT2D eigenvalue weighted by atomic mass is 10.2. The van der Waals surface area contributed by atoms with Crippen LogP contribution in [0.5, 0.6) is 0 Å². The van der Waals surface area contributed by atoms with Crippen molar-refractivity contribution >= 4 is 11.5 Å². The van der Waals surface area contributed by atoms with E-state index in [2.05, 4.69) is 32.9 Å². The first-order valence-corrected chi connectivity index (χ1v) is 5.69. The molecule has 1 aliphatic rings. The van der Waals surface area contributed by atoms with Gasteiger partial charge in [-0.1, -0.05) is 13.3 Å². The minimum atomic E-state index is 0.585. The minimum absolute atomic E-state index is 0.585. The summed E-state index contributed by atoms with van der Waals surface area (Å²) in [6, 6.07) is 4.38. The van der Waals surface area contributed by atoms with E-state index in [1.165, 1.54) is 23.9 Å². The molecule has 0 radical (unpaired) electrons. The average molecular weight is 218 g/mol. The van der Waals surface area contributed by atoms with Gasteiger partial charge >= 0.3 is 0 Å². The summed E-state index contributed by atoms with van der Waals surface area (Å²) in [5.41, 5.74) is 0.673. The van der Waals surface area contributed by atoms with Crippen LogP contribution in [-0.2, 0) is 0 Å². The van der Waals surface area contributed by atoms with Gasteiger partial charge in [0.15, 0.2) is 5.65 Å². The highest BCUT2D eigenvalue weighted by molar-refractivity contribution is 5.43. The van der Waals surface area contributed by atoms with Crippen LogP contribution >= 0.6 is 0 Å². The van der Waals surface area contributed by atoms with Crippen molar-refractivity contribution in [2.75, 3.05) is 5.32 Å². The third-order valence-electron chi connectivity index (χ3n) is 2.98. The molecular formula is C10H14N6. The SMILES string of the molecule is CCCC1CC1Nc1ccc2nnnn2n1. The van der Waals surface area contributed by atoms with Crippen LogP contribution in [0.4, 0.5) is 5.82 Å². The van der Waals surface area contributed by atoms with Crippen LogP contribution in [0.25, 0.3) is 5.65 Å². The van der Waals surface area contributed by atoms with Gasteiger partial charge in [-0.2, -0.15) is 0 Å². The Labute approximate surface area is 93.0 Å². The molecule has 16 heavy (non-hydrogen) atoms. The number of nitrogens with one attached hydrogen (secondary N) is 1. The molecule has 0 aromatic carbocycles. The number of hydrogen-bond donors (Lipinski definition) is 1. The van der Waals surface area contributed by atoms with Gasteiger partial charge in [0.1, 0.15) is 5.82 Å². The summed E-state index contributed by atoms with van der Waals surface area (Å²) in [6.45, 7) is 2.22. The summed E-state index contributed by atoms with van der Waals surface area (Å²) in [6.07, 6.45) is 3.80. The molecule has 2 heterocycles. The molecule has 2 atom stereocenters. The molecule has 2 unspecified atom stereocenters. The van der Waals surface area contributed by atoms with E-state index in [1.807, 2.05) is 12.1 Å². The quantitative estimate of drug-likeness (QED) is 0.832. The average Bonchev–Trinajstić information content (AvgIpc) is 2.85. The Morgan fingerprint density at radius 1 is 1.50 bits per heavy atom. The van der Waals surface area contributed by atoms with Gasteiger partial charge in [-0.25, -0.2) is 0 Å². The largest absolute Gasteiger partial charge is 0.366 e. The Kier molecular flexibility index (Phi) is 2.19. The maximum atomic E-state index is 4.28. The second-order valence-electron chi connectivity index (χ2n) is 4.28. The van der Waals surface area contributed by atoms with Gasteiger partial charge in [-0.05, 0) is 41.3 Å². The fraction of sp³-hybridized carbons (Fsp3) is 0.600. The zero-order valence-electron chi connectivity index (χ0n) is 9.17. The zero-order chi connectivity index (χ0) is 11.0. The minimum Gasteiger partial charge on any atom is -0.366 e. The smallest absolute Gasteiger partial charge is 0.200 e. The molecule has 2 aromatic heterocycles. The Morgan fingerprint density at radius 2 is 2.44 bits per heavy atom. The molecule has 0 aliphatic heterocycles. The van der Waals surface area contributed by atoms with Crippen LogP contribution < -0.4 is 5.32 Å². The molecule has 0 amide bonds. The van der Waals surface area contributed by atoms with E-state index in [0.717, 1.165) is 11.7 Å². The standard InChI is InChI=1S/C10H14N6/c1-2-3-7-6-8(7)11-9-4-5-10-12-14-15-16(10)13-9/h4-5,7-8H,2-3,6H2,1H3,(H,11,13). The molecule has 1 N–H and O–H groups in total. The molecule has 0 saturated heterocycles. The van der Waals surface area contributed by atoms with E-state index in [0.29, 0.717) is 11.7 Å².